The van der Waals surface area contributed by atoms with E-state index in [1.54, 1.807) is 0 Å². The number of anilines is 1. The molecule has 2 nitrogen and oxygen atoms in total. The Hall–Kier alpha value is -1.04. The molecule has 0 radical (unpaired) electrons. The van der Waals surface area contributed by atoms with Gasteiger partial charge in [0.15, 0.2) is 0 Å². The summed E-state index contributed by atoms with van der Waals surface area (Å²) in [5.41, 5.74) is -0.601. The highest BCUT2D eigenvalue weighted by Crippen LogP contribution is 2.35. The van der Waals surface area contributed by atoms with E-state index in [1.807, 2.05) is 0 Å². The Labute approximate surface area is 111 Å². The molecule has 0 atom stereocenters. The Balaban J connectivity index is 2.18. The molecule has 98 valence electrons. The van der Waals surface area contributed by atoms with Gasteiger partial charge in [-0.25, -0.2) is 0 Å². The highest BCUT2D eigenvalue weighted by atomic mass is 79.9. The highest BCUT2D eigenvalue weighted by Gasteiger charge is 2.31. The quantitative estimate of drug-likeness (QED) is 0.868. The van der Waals surface area contributed by atoms with Gasteiger partial charge < -0.3 is 5.32 Å². The van der Waals surface area contributed by atoms with Crippen molar-refractivity contribution in [1.29, 1.82) is 0 Å². The Morgan fingerprint density at radius 1 is 1.33 bits per heavy atom. The predicted octanol–water partition coefficient (Wildman–Crippen LogP) is 4.21. The number of carbonyl (C=O) groups is 1. The van der Waals surface area contributed by atoms with Crippen LogP contribution in [0.25, 0.3) is 0 Å². The van der Waals surface area contributed by atoms with Crippen LogP contribution in [-0.4, -0.2) is 5.91 Å². The van der Waals surface area contributed by atoms with Crippen LogP contribution in [0.1, 0.15) is 24.8 Å². The first-order chi connectivity index (χ1) is 8.38. The van der Waals surface area contributed by atoms with E-state index in [0.717, 1.165) is 31.4 Å². The average molecular weight is 322 g/mol. The smallest absolute Gasteiger partial charge is 0.325 e. The van der Waals surface area contributed by atoms with Crippen LogP contribution < -0.4 is 5.32 Å². The summed E-state index contributed by atoms with van der Waals surface area (Å²) in [6, 6.07) is 3.21. The predicted molar refractivity (Wildman–Crippen MR) is 65.1 cm³/mol. The summed E-state index contributed by atoms with van der Waals surface area (Å²) in [5.74, 6) is -0.271. The summed E-state index contributed by atoms with van der Waals surface area (Å²) < 4.78 is 38.1. The third kappa shape index (κ3) is 2.85. The molecule has 1 saturated carbocycles. The van der Waals surface area contributed by atoms with Crippen LogP contribution >= 0.6 is 15.9 Å². The van der Waals surface area contributed by atoms with Crippen molar-refractivity contribution in [2.24, 2.45) is 5.92 Å². The van der Waals surface area contributed by atoms with E-state index < -0.39 is 11.7 Å². The third-order valence-electron chi connectivity index (χ3n) is 3.03. The second-order valence-electron chi connectivity index (χ2n) is 4.31. The number of alkyl halides is 3. The molecule has 1 aromatic carbocycles. The van der Waals surface area contributed by atoms with Crippen LogP contribution in [0.2, 0.25) is 0 Å². The van der Waals surface area contributed by atoms with Crippen LogP contribution in [0, 0.1) is 5.92 Å². The van der Waals surface area contributed by atoms with Crippen molar-refractivity contribution in [3.63, 3.8) is 0 Å². The number of hydrogen-bond acceptors (Lipinski definition) is 1. The fraction of sp³-hybridized carbons (Fsp3) is 0.417. The number of halogens is 4. The first-order valence-electron chi connectivity index (χ1n) is 5.55. The number of nitrogens with one attached hydrogen (secondary N) is 1. The second-order valence-corrected chi connectivity index (χ2v) is 5.16. The minimum Gasteiger partial charge on any atom is -0.325 e. The van der Waals surface area contributed by atoms with Gasteiger partial charge in [0, 0.05) is 10.4 Å². The molecule has 0 aliphatic heterocycles. The molecule has 0 aromatic heterocycles. The average Bonchev–Trinajstić information content (AvgIpc) is 2.16. The van der Waals surface area contributed by atoms with Gasteiger partial charge in [-0.2, -0.15) is 13.2 Å². The van der Waals surface area contributed by atoms with E-state index in [-0.39, 0.29) is 17.5 Å². The van der Waals surface area contributed by atoms with Gasteiger partial charge in [-0.1, -0.05) is 6.42 Å². The maximum Gasteiger partial charge on any atom is 0.416 e. The molecule has 1 aliphatic carbocycles. The standard InChI is InChI=1S/C12H11BrF3NO/c13-9-5-4-8(12(14,15)16)6-10(9)17-11(18)7-2-1-3-7/h4-7H,1-3H2,(H,17,18). The van der Waals surface area contributed by atoms with Gasteiger partial charge in [0.1, 0.15) is 0 Å². The van der Waals surface area contributed by atoms with Crippen LogP contribution in [-0.2, 0) is 11.0 Å². The maximum atomic E-state index is 12.5. The molecule has 1 fully saturated rings. The van der Waals surface area contributed by atoms with Gasteiger partial charge >= 0.3 is 6.18 Å². The molecule has 2 rings (SSSR count). The summed E-state index contributed by atoms with van der Waals surface area (Å²) in [5, 5.41) is 2.54. The third-order valence-corrected chi connectivity index (χ3v) is 3.72. The van der Waals surface area contributed by atoms with Crippen LogP contribution in [0.3, 0.4) is 0 Å². The molecular formula is C12H11BrF3NO. The van der Waals surface area contributed by atoms with Crippen LogP contribution in [0.5, 0.6) is 0 Å². The molecule has 6 heteroatoms. The fourth-order valence-corrected chi connectivity index (χ4v) is 2.05. The first kappa shape index (κ1) is 13.4. The lowest BCUT2D eigenvalue weighted by atomic mass is 9.85. The molecule has 0 spiro atoms. The summed E-state index contributed by atoms with van der Waals surface area (Å²) in [4.78, 5) is 11.7. The minimum atomic E-state index is -4.41. The molecule has 0 saturated heterocycles. The van der Waals surface area contributed by atoms with Crippen molar-refractivity contribution in [1.82, 2.24) is 0 Å². The summed E-state index contributed by atoms with van der Waals surface area (Å²) >= 11 is 3.13. The largest absolute Gasteiger partial charge is 0.416 e. The second kappa shape index (κ2) is 4.91. The SMILES string of the molecule is O=C(Nc1cc(C(F)(F)F)ccc1Br)C1CCC1. The summed E-state index contributed by atoms with van der Waals surface area (Å²) in [6.45, 7) is 0. The van der Waals surface area contributed by atoms with E-state index in [9.17, 15) is 18.0 Å². The minimum absolute atomic E-state index is 0.0635. The number of benzene rings is 1. The van der Waals surface area contributed by atoms with Gasteiger partial charge in [0.25, 0.3) is 0 Å². The van der Waals surface area contributed by atoms with Crippen molar-refractivity contribution in [3.05, 3.63) is 28.2 Å². The van der Waals surface area contributed by atoms with Crippen molar-refractivity contribution in [2.45, 2.75) is 25.4 Å². The Morgan fingerprint density at radius 2 is 2.00 bits per heavy atom. The summed E-state index contributed by atoms with van der Waals surface area (Å²) in [6.07, 6.45) is -1.79. The molecule has 1 N–H and O–H groups in total. The Bertz CT molecular complexity index is 469. The van der Waals surface area contributed by atoms with E-state index in [0.29, 0.717) is 4.47 Å². The van der Waals surface area contributed by atoms with Gasteiger partial charge in [-0.3, -0.25) is 4.79 Å². The van der Waals surface area contributed by atoms with Crippen LogP contribution in [0.15, 0.2) is 22.7 Å². The van der Waals surface area contributed by atoms with Crippen LogP contribution in [0.4, 0.5) is 18.9 Å². The maximum absolute atomic E-state index is 12.5. The van der Waals surface area contributed by atoms with Crippen molar-refractivity contribution >= 4 is 27.5 Å². The Kier molecular flexibility index (Phi) is 3.66. The van der Waals surface area contributed by atoms with Gasteiger partial charge in [-0.15, -0.1) is 0 Å². The molecule has 18 heavy (non-hydrogen) atoms. The van der Waals surface area contributed by atoms with Gasteiger partial charge in [0.2, 0.25) is 5.91 Å². The van der Waals surface area contributed by atoms with E-state index in [2.05, 4.69) is 21.2 Å². The highest BCUT2D eigenvalue weighted by molar-refractivity contribution is 9.10. The van der Waals surface area contributed by atoms with Crippen molar-refractivity contribution in [3.8, 4) is 0 Å². The zero-order chi connectivity index (χ0) is 13.3. The number of hydrogen-bond donors (Lipinski definition) is 1. The number of carbonyl (C=O) groups excluding carboxylic acids is 1. The zero-order valence-corrected chi connectivity index (χ0v) is 10.9. The molecule has 0 bridgehead atoms. The molecule has 0 heterocycles. The molecular weight excluding hydrogens is 311 g/mol. The fourth-order valence-electron chi connectivity index (χ4n) is 1.70. The normalized spacial score (nSPS) is 16.2. The number of amides is 1. The van der Waals surface area contributed by atoms with Gasteiger partial charge in [-0.05, 0) is 47.0 Å². The lowest BCUT2D eigenvalue weighted by molar-refractivity contribution is -0.137. The molecule has 0 unspecified atom stereocenters. The van der Waals surface area contributed by atoms with Crippen molar-refractivity contribution < 1.29 is 18.0 Å². The molecule has 1 aliphatic rings. The van der Waals surface area contributed by atoms with E-state index >= 15 is 0 Å². The van der Waals surface area contributed by atoms with Crippen molar-refractivity contribution in [2.75, 3.05) is 5.32 Å². The Morgan fingerprint density at radius 3 is 2.50 bits per heavy atom. The lowest BCUT2D eigenvalue weighted by Gasteiger charge is -2.24. The first-order valence-corrected chi connectivity index (χ1v) is 6.35. The zero-order valence-electron chi connectivity index (χ0n) is 9.35. The summed E-state index contributed by atoms with van der Waals surface area (Å²) in [7, 11) is 0. The molecule has 1 aromatic rings. The lowest BCUT2D eigenvalue weighted by Crippen LogP contribution is -2.28. The topological polar surface area (TPSA) is 29.1 Å². The van der Waals surface area contributed by atoms with Gasteiger partial charge in [0.05, 0.1) is 11.3 Å². The van der Waals surface area contributed by atoms with E-state index in [4.69, 9.17) is 0 Å². The monoisotopic (exact) mass is 321 g/mol. The van der Waals surface area contributed by atoms with E-state index in [1.165, 1.54) is 6.07 Å². The molecule has 1 amide bonds. The number of rotatable bonds is 2.